The van der Waals surface area contributed by atoms with E-state index in [2.05, 4.69) is 10.4 Å². The molecule has 1 aliphatic carbocycles. The maximum absolute atomic E-state index is 12.1. The number of carbonyl (C=O) groups is 1. The predicted molar refractivity (Wildman–Crippen MR) is 95.6 cm³/mol. The second kappa shape index (κ2) is 7.86. The minimum Gasteiger partial charge on any atom is -0.444 e. The zero-order chi connectivity index (χ0) is 19.5. The molecular weight excluding hydrogens is 340 g/mol. The molecule has 1 heterocycles. The Hall–Kier alpha value is -2.42. The fourth-order valence-corrected chi connectivity index (χ4v) is 3.05. The molecule has 1 unspecified atom stereocenters. The molecule has 144 valence electrons. The van der Waals surface area contributed by atoms with Crippen LogP contribution in [0, 0.1) is 10.1 Å². The van der Waals surface area contributed by atoms with Crippen LogP contribution in [0.5, 0.6) is 0 Å². The summed E-state index contributed by atoms with van der Waals surface area (Å²) in [6, 6.07) is -0.254. The van der Waals surface area contributed by atoms with Gasteiger partial charge in [-0.3, -0.25) is 14.8 Å². The monoisotopic (exact) mass is 366 g/mol. The largest absolute Gasteiger partial charge is 0.444 e. The SMILES string of the molecule is CO[C@@H]1CC=C(c2c([N+](=O)[O-])cnn2C)CCC1NC(=O)OC(C)(C)C. The molecule has 1 aliphatic rings. The van der Waals surface area contributed by atoms with Gasteiger partial charge in [0.1, 0.15) is 17.5 Å². The first-order valence-corrected chi connectivity index (χ1v) is 8.50. The van der Waals surface area contributed by atoms with Gasteiger partial charge in [0.2, 0.25) is 0 Å². The van der Waals surface area contributed by atoms with Crippen molar-refractivity contribution in [2.75, 3.05) is 7.11 Å². The molecule has 9 heteroatoms. The molecule has 2 atom stereocenters. The van der Waals surface area contributed by atoms with Crippen molar-refractivity contribution in [3.05, 3.63) is 28.1 Å². The predicted octanol–water partition coefficient (Wildman–Crippen LogP) is 2.80. The number of nitro groups is 1. The Morgan fingerprint density at radius 1 is 1.46 bits per heavy atom. The molecule has 1 amide bonds. The number of ether oxygens (including phenoxy) is 2. The summed E-state index contributed by atoms with van der Waals surface area (Å²) in [6.07, 6.45) is 4.09. The summed E-state index contributed by atoms with van der Waals surface area (Å²) >= 11 is 0. The van der Waals surface area contributed by atoms with Crippen LogP contribution in [0.25, 0.3) is 5.57 Å². The molecule has 1 N–H and O–H groups in total. The van der Waals surface area contributed by atoms with Crippen molar-refractivity contribution in [2.45, 2.75) is 57.8 Å². The molecule has 0 aliphatic heterocycles. The van der Waals surface area contributed by atoms with E-state index in [0.29, 0.717) is 25.0 Å². The van der Waals surface area contributed by atoms with E-state index in [4.69, 9.17) is 9.47 Å². The molecule has 0 spiro atoms. The number of amides is 1. The van der Waals surface area contributed by atoms with Crippen LogP contribution in [0.1, 0.15) is 45.7 Å². The van der Waals surface area contributed by atoms with Crippen molar-refractivity contribution in [3.8, 4) is 0 Å². The number of rotatable bonds is 4. The summed E-state index contributed by atoms with van der Waals surface area (Å²) in [5.74, 6) is 0. The van der Waals surface area contributed by atoms with Gasteiger partial charge in [-0.1, -0.05) is 6.08 Å². The summed E-state index contributed by atoms with van der Waals surface area (Å²) in [6.45, 7) is 5.40. The standard InChI is InChI=1S/C17H26N4O5/c1-17(2,3)26-16(22)19-12-8-6-11(7-9-14(12)25-5)15-13(21(23)24)10-18-20(15)4/h7,10,12,14H,6,8-9H2,1-5H3,(H,19,22)/t12?,14-/m1/s1. The number of hydrogen-bond acceptors (Lipinski definition) is 6. The second-order valence-electron chi connectivity index (χ2n) is 7.29. The lowest BCUT2D eigenvalue weighted by Gasteiger charge is -2.27. The van der Waals surface area contributed by atoms with Gasteiger partial charge in [-0.05, 0) is 45.6 Å². The van der Waals surface area contributed by atoms with E-state index in [-0.39, 0.29) is 17.8 Å². The third-order valence-corrected chi connectivity index (χ3v) is 4.20. The van der Waals surface area contributed by atoms with Gasteiger partial charge in [-0.15, -0.1) is 0 Å². The smallest absolute Gasteiger partial charge is 0.407 e. The number of alkyl carbamates (subject to hydrolysis) is 1. The maximum Gasteiger partial charge on any atom is 0.407 e. The van der Waals surface area contributed by atoms with E-state index >= 15 is 0 Å². The molecule has 1 aromatic heterocycles. The van der Waals surface area contributed by atoms with E-state index in [1.165, 1.54) is 10.9 Å². The average Bonchev–Trinajstić information content (AvgIpc) is 2.79. The number of aryl methyl sites for hydroxylation is 1. The molecule has 0 aromatic carbocycles. The van der Waals surface area contributed by atoms with E-state index in [0.717, 1.165) is 5.57 Å². The van der Waals surface area contributed by atoms with Gasteiger partial charge in [0.15, 0.2) is 0 Å². The fraction of sp³-hybridized carbons (Fsp3) is 0.647. The minimum absolute atomic E-state index is 0.0220. The van der Waals surface area contributed by atoms with Crippen LogP contribution in [0.15, 0.2) is 12.3 Å². The van der Waals surface area contributed by atoms with E-state index in [1.54, 1.807) is 34.9 Å². The van der Waals surface area contributed by atoms with Gasteiger partial charge in [0.25, 0.3) is 0 Å². The average molecular weight is 366 g/mol. The van der Waals surface area contributed by atoms with Gasteiger partial charge in [-0.2, -0.15) is 5.10 Å². The molecule has 2 rings (SSSR count). The highest BCUT2D eigenvalue weighted by atomic mass is 16.6. The normalized spacial score (nSPS) is 20.9. The first-order chi connectivity index (χ1) is 12.1. The van der Waals surface area contributed by atoms with E-state index < -0.39 is 16.6 Å². The van der Waals surface area contributed by atoms with Crippen LogP contribution in [0.4, 0.5) is 10.5 Å². The molecule has 0 saturated heterocycles. The van der Waals surface area contributed by atoms with Crippen molar-refractivity contribution in [2.24, 2.45) is 7.05 Å². The van der Waals surface area contributed by atoms with Gasteiger partial charge < -0.3 is 14.8 Å². The van der Waals surface area contributed by atoms with Crippen molar-refractivity contribution in [1.82, 2.24) is 15.1 Å². The number of nitrogens with zero attached hydrogens (tertiary/aromatic N) is 3. The number of methoxy groups -OCH3 is 1. The van der Waals surface area contributed by atoms with Crippen molar-refractivity contribution in [3.63, 3.8) is 0 Å². The second-order valence-corrected chi connectivity index (χ2v) is 7.29. The van der Waals surface area contributed by atoms with Crippen LogP contribution in [0.2, 0.25) is 0 Å². The quantitative estimate of drug-likeness (QED) is 0.648. The van der Waals surface area contributed by atoms with Gasteiger partial charge in [0.05, 0.1) is 17.1 Å². The Labute approximate surface area is 152 Å². The van der Waals surface area contributed by atoms with E-state index in [9.17, 15) is 14.9 Å². The van der Waals surface area contributed by atoms with Gasteiger partial charge >= 0.3 is 11.8 Å². The zero-order valence-electron chi connectivity index (χ0n) is 15.8. The molecule has 0 saturated carbocycles. The summed E-state index contributed by atoms with van der Waals surface area (Å²) < 4.78 is 12.3. The van der Waals surface area contributed by atoms with Crippen molar-refractivity contribution in [1.29, 1.82) is 0 Å². The minimum atomic E-state index is -0.587. The molecule has 9 nitrogen and oxygen atoms in total. The lowest BCUT2D eigenvalue weighted by Crippen LogP contribution is -2.45. The Kier molecular flexibility index (Phi) is 6.01. The van der Waals surface area contributed by atoms with Gasteiger partial charge in [-0.25, -0.2) is 4.79 Å². The topological polar surface area (TPSA) is 109 Å². The molecule has 0 bridgehead atoms. The fourth-order valence-electron chi connectivity index (χ4n) is 3.05. The number of hydrogen-bond donors (Lipinski definition) is 1. The highest BCUT2D eigenvalue weighted by molar-refractivity contribution is 5.71. The van der Waals surface area contributed by atoms with Crippen LogP contribution < -0.4 is 5.32 Å². The highest BCUT2D eigenvalue weighted by Crippen LogP contribution is 2.32. The first kappa shape index (κ1) is 19.9. The van der Waals surface area contributed by atoms with Crippen LogP contribution in [-0.2, 0) is 16.5 Å². The summed E-state index contributed by atoms with van der Waals surface area (Å²) in [4.78, 5) is 22.9. The third kappa shape index (κ3) is 4.81. The molecular formula is C17H26N4O5. The van der Waals surface area contributed by atoms with Crippen LogP contribution in [0.3, 0.4) is 0 Å². The van der Waals surface area contributed by atoms with Crippen molar-refractivity contribution < 1.29 is 19.2 Å². The highest BCUT2D eigenvalue weighted by Gasteiger charge is 2.30. The first-order valence-electron chi connectivity index (χ1n) is 8.50. The zero-order valence-corrected chi connectivity index (χ0v) is 15.8. The van der Waals surface area contributed by atoms with Crippen molar-refractivity contribution >= 4 is 17.4 Å². The number of carbonyl (C=O) groups excluding carboxylic acids is 1. The molecule has 1 aromatic rings. The van der Waals surface area contributed by atoms with Crippen LogP contribution >= 0.6 is 0 Å². The van der Waals surface area contributed by atoms with E-state index in [1.807, 2.05) is 6.08 Å². The molecule has 0 fully saturated rings. The summed E-state index contributed by atoms with van der Waals surface area (Å²) in [7, 11) is 3.26. The lowest BCUT2D eigenvalue weighted by atomic mass is 10.0. The maximum atomic E-state index is 12.1. The Bertz CT molecular complexity index is 704. The lowest BCUT2D eigenvalue weighted by molar-refractivity contribution is -0.385. The number of aromatic nitrogens is 2. The molecule has 26 heavy (non-hydrogen) atoms. The van der Waals surface area contributed by atoms with Gasteiger partial charge in [0, 0.05) is 14.2 Å². The number of allylic oxidation sites excluding steroid dienone is 1. The van der Waals surface area contributed by atoms with Crippen LogP contribution in [-0.4, -0.2) is 45.7 Å². The summed E-state index contributed by atoms with van der Waals surface area (Å²) in [5.41, 5.74) is 0.706. The number of nitrogens with one attached hydrogen (secondary N) is 1. The third-order valence-electron chi connectivity index (χ3n) is 4.20. The Morgan fingerprint density at radius 3 is 2.73 bits per heavy atom. The molecule has 0 radical (unpaired) electrons. The summed E-state index contributed by atoms with van der Waals surface area (Å²) in [5, 5.41) is 18.1. The Morgan fingerprint density at radius 2 is 2.15 bits per heavy atom. The Balaban J connectivity index is 2.16.